The van der Waals surface area contributed by atoms with Gasteiger partial charge >= 0.3 is 35.5 Å². The maximum absolute atomic E-state index is 9.99. The minimum Gasteiger partial charge on any atom is -0.367 e. The van der Waals surface area contributed by atoms with Crippen LogP contribution < -0.4 is 0 Å². The molecule has 0 bridgehead atoms. The molecule has 13 heteroatoms. The summed E-state index contributed by atoms with van der Waals surface area (Å²) in [5, 5.41) is 0. The largest absolute Gasteiger partial charge is 2.00 e. The van der Waals surface area contributed by atoms with Crippen LogP contribution in [0.3, 0.4) is 0 Å². The molecule has 0 aliphatic carbocycles. The third-order valence-electron chi connectivity index (χ3n) is 1.93. The van der Waals surface area contributed by atoms with Crippen LogP contribution in [0, 0.1) is 13.1 Å². The zero-order valence-corrected chi connectivity index (χ0v) is 31.4. The van der Waals surface area contributed by atoms with Crippen molar-refractivity contribution in [3.63, 3.8) is 0 Å². The summed E-state index contributed by atoms with van der Waals surface area (Å²) in [6.07, 6.45) is -0.775. The monoisotopic (exact) mass is 628 g/mol. The van der Waals surface area contributed by atoms with Gasteiger partial charge in [0, 0.05) is 30.5 Å². The Bertz CT molecular complexity index is 433. The van der Waals surface area contributed by atoms with E-state index < -0.39 is 34.2 Å². The molecule has 0 radical (unpaired) electrons. The van der Waals surface area contributed by atoms with Crippen molar-refractivity contribution in [2.75, 3.05) is 0 Å². The van der Waals surface area contributed by atoms with Gasteiger partial charge in [-0.05, 0) is 69.2 Å². The Morgan fingerprint density at radius 1 is 0.444 bits per heavy atom. The van der Waals surface area contributed by atoms with E-state index in [4.69, 9.17) is 31.7 Å². The van der Waals surface area contributed by atoms with Gasteiger partial charge in [0.15, 0.2) is 0 Å². The molecule has 0 aliphatic rings. The Morgan fingerprint density at radius 3 is 0.694 bits per heavy atom. The first-order chi connectivity index (χ1) is 15.1. The molecule has 0 aliphatic heterocycles. The molecule has 0 spiro atoms. The molecule has 8 nitrogen and oxygen atoms in total. The van der Waals surface area contributed by atoms with Crippen LogP contribution in [0.5, 0.6) is 0 Å². The average molecular weight is 629 g/mol. The first-order valence-corrected chi connectivity index (χ1v) is 23.1. The quantitative estimate of drug-likeness (QED) is 0.220. The predicted molar refractivity (Wildman–Crippen MR) is 157 cm³/mol. The zero-order chi connectivity index (χ0) is 29.4. The fraction of sp³-hybridized carbons (Fsp3) is 0.913. The summed E-state index contributed by atoms with van der Waals surface area (Å²) in [5.74, 6) is 0. The van der Waals surface area contributed by atoms with Gasteiger partial charge in [-0.3, -0.25) is 0 Å². The van der Waals surface area contributed by atoms with Gasteiger partial charge in [0.2, 0.25) is 0 Å². The van der Waals surface area contributed by atoms with Crippen LogP contribution in [0.4, 0.5) is 0 Å². The van der Waals surface area contributed by atoms with Crippen LogP contribution in [0.15, 0.2) is 0 Å². The van der Waals surface area contributed by atoms with Crippen molar-refractivity contribution in [2.45, 2.75) is 139 Å². The maximum Gasteiger partial charge on any atom is 2.00 e. The molecule has 0 aromatic carbocycles. The minimum absolute atomic E-state index is 0. The topological polar surface area (TPSA) is 107 Å². The van der Waals surface area contributed by atoms with Gasteiger partial charge < -0.3 is 49.6 Å². The molecule has 3 N–H and O–H groups in total. The second kappa shape index (κ2) is 21.8. The molecule has 0 fully saturated rings. The van der Waals surface area contributed by atoms with Crippen molar-refractivity contribution >= 4 is 34.2 Å². The van der Waals surface area contributed by atoms with Gasteiger partial charge in [-0.1, -0.05) is 39.3 Å². The maximum atomic E-state index is 9.99. The van der Waals surface area contributed by atoms with Crippen LogP contribution in [0.2, 0.25) is 39.3 Å². The molecular weight excluding hydrogens is 569 g/mol. The van der Waals surface area contributed by atoms with Crippen LogP contribution in [-0.4, -0.2) is 79.2 Å². The number of hydrogen-bond donors (Lipinski definition) is 3. The summed E-state index contributed by atoms with van der Waals surface area (Å²) in [4.78, 5) is 28.2. The molecule has 0 saturated heterocycles. The van der Waals surface area contributed by atoms with Gasteiger partial charge in [0.05, 0.1) is 0 Å². The molecule has 222 valence electrons. The average Bonchev–Trinajstić information content (AvgIpc) is 2.36. The van der Waals surface area contributed by atoms with Crippen molar-refractivity contribution in [3.8, 4) is 0 Å². The molecule has 0 saturated carbocycles. The van der Waals surface area contributed by atoms with Crippen LogP contribution in [0.25, 0.3) is 0 Å². The summed E-state index contributed by atoms with van der Waals surface area (Å²) in [7, 11) is -8.99. The SMILES string of the molecule is CC(C)O[Si](O)(O)OC(C)C.CC(C)O[Si](O)(OC(C)C)OC(C)C.[CH2-][Si](C)(C)C.[CH2-][Si](C)(C)C.[Cr+2]. The third kappa shape index (κ3) is 59.9. The van der Waals surface area contributed by atoms with Crippen molar-refractivity contribution in [1.82, 2.24) is 0 Å². The van der Waals surface area contributed by atoms with Crippen LogP contribution >= 0.6 is 0 Å². The fourth-order valence-corrected chi connectivity index (χ4v) is 4.86. The minimum atomic E-state index is -3.83. The summed E-state index contributed by atoms with van der Waals surface area (Å²) < 4.78 is 25.5. The van der Waals surface area contributed by atoms with E-state index in [2.05, 4.69) is 52.4 Å². The van der Waals surface area contributed by atoms with E-state index >= 15 is 0 Å². The molecule has 0 rings (SSSR count). The molecule has 0 unspecified atom stereocenters. The van der Waals surface area contributed by atoms with Crippen LogP contribution in [-0.2, 0) is 39.5 Å². The van der Waals surface area contributed by atoms with Gasteiger partial charge in [0.25, 0.3) is 0 Å². The van der Waals surface area contributed by atoms with Gasteiger partial charge in [0.1, 0.15) is 0 Å². The Kier molecular flexibility index (Phi) is 28.5. The Labute approximate surface area is 239 Å². The molecule has 0 aromatic heterocycles. The molecule has 36 heavy (non-hydrogen) atoms. The summed E-state index contributed by atoms with van der Waals surface area (Å²) >= 11 is 0. The first-order valence-electron chi connectivity index (χ1n) is 12.4. The van der Waals surface area contributed by atoms with Gasteiger partial charge in [-0.25, -0.2) is 0 Å². The molecule has 0 heterocycles. The second-order valence-corrected chi connectivity index (χ2v) is 25.6. The van der Waals surface area contributed by atoms with Crippen molar-refractivity contribution < 1.29 is 53.9 Å². The first kappa shape index (κ1) is 46.9. The van der Waals surface area contributed by atoms with Crippen molar-refractivity contribution in [2.24, 2.45) is 0 Å². The van der Waals surface area contributed by atoms with E-state index in [-0.39, 0.29) is 47.9 Å². The molecule has 0 amide bonds. The normalized spacial score (nSPS) is 12.5. The second-order valence-electron chi connectivity index (χ2n) is 12.0. The van der Waals surface area contributed by atoms with Gasteiger partial charge in [-0.2, -0.15) is 0 Å². The summed E-state index contributed by atoms with van der Waals surface area (Å²) in [6, 6.07) is 0. The third-order valence-corrected chi connectivity index (χ3v) is 5.80. The molecule has 0 atom stereocenters. The van der Waals surface area contributed by atoms with Crippen molar-refractivity contribution in [1.29, 1.82) is 0 Å². The molecule has 0 aromatic rings. The van der Waals surface area contributed by atoms with E-state index in [1.54, 1.807) is 27.7 Å². The Morgan fingerprint density at radius 2 is 0.583 bits per heavy atom. The van der Waals surface area contributed by atoms with Gasteiger partial charge in [-0.15, -0.1) is 16.1 Å². The smallest absolute Gasteiger partial charge is 0.367 e. The van der Waals surface area contributed by atoms with Crippen molar-refractivity contribution in [3.05, 3.63) is 13.1 Å². The Hall–Kier alpha value is 1.08. The van der Waals surface area contributed by atoms with Crippen LogP contribution in [0.1, 0.15) is 69.2 Å². The van der Waals surface area contributed by atoms with E-state index in [1.165, 1.54) is 0 Å². The number of rotatable bonds is 10. The van der Waals surface area contributed by atoms with E-state index in [1.807, 2.05) is 41.5 Å². The standard InChI is InChI=1S/C9H22O4Si.C6H16O4Si.2C4H11Si.Cr/c1-7(2)11-14(10,12-8(3)4)13-9(5)6;1-5(2)9-11(7,8)10-6(3)4;2*1-5(2,3)4;/h7-10H,1-6H3;5-8H,1-4H3;2*1H2,2-4H3;/q;;2*-1;+2. The zero-order valence-electron chi connectivity index (χ0n) is 26.1. The number of hydrogen-bond acceptors (Lipinski definition) is 8. The summed E-state index contributed by atoms with van der Waals surface area (Å²) in [5.41, 5.74) is 0. The molecular formula is C23H60CrO8Si4. The Balaban J connectivity index is -0.000000129. The fourth-order valence-electron chi connectivity index (χ4n) is 1.62. The van der Waals surface area contributed by atoms with E-state index in [0.717, 1.165) is 0 Å². The van der Waals surface area contributed by atoms with E-state index in [0.29, 0.717) is 0 Å². The van der Waals surface area contributed by atoms with E-state index in [9.17, 15) is 4.80 Å². The summed E-state index contributed by atoms with van der Waals surface area (Å²) in [6.45, 7) is 39.0. The predicted octanol–water partition coefficient (Wildman–Crippen LogP) is 5.34.